The lowest BCUT2D eigenvalue weighted by atomic mass is 10.2. The molecule has 2 aromatic carbocycles. The summed E-state index contributed by atoms with van der Waals surface area (Å²) in [4.78, 5) is 27.7. The highest BCUT2D eigenvalue weighted by Crippen LogP contribution is 2.07. The van der Waals surface area contributed by atoms with Crippen LogP contribution in [-0.2, 0) is 9.47 Å². The number of rotatable bonds is 12. The molecule has 0 heterocycles. The van der Waals surface area contributed by atoms with Gasteiger partial charge in [0.2, 0.25) is 0 Å². The van der Waals surface area contributed by atoms with Crippen LogP contribution >= 0.6 is 12.4 Å². The molecule has 2 rings (SSSR count). The average molecular weight is 509 g/mol. The summed E-state index contributed by atoms with van der Waals surface area (Å²) in [7, 11) is 0. The molecule has 0 spiro atoms. The van der Waals surface area contributed by atoms with Gasteiger partial charge in [-0.05, 0) is 74.7 Å². The van der Waals surface area contributed by atoms with Gasteiger partial charge in [-0.15, -0.1) is 12.4 Å². The van der Waals surface area contributed by atoms with Crippen LogP contribution in [0.2, 0.25) is 0 Å². The van der Waals surface area contributed by atoms with Crippen molar-refractivity contribution >= 4 is 35.7 Å². The van der Waals surface area contributed by atoms with Gasteiger partial charge >= 0.3 is 11.9 Å². The second-order valence-electron chi connectivity index (χ2n) is 7.57. The fraction of sp³-hybridized carbons (Fsp3) is 0.462. The van der Waals surface area contributed by atoms with Crippen molar-refractivity contribution in [2.75, 3.05) is 63.9 Å². The number of benzene rings is 2. The standard InChI is InChI=1S/2C13H20N2O2.ClH/c2*1-3-15(4-2)9-10-17-13(16)11-5-7-12(14)8-6-11;/h2*5-8H,3-4,9-10,14H2,1-2H3;1H. The number of hydrogen-bond acceptors (Lipinski definition) is 8. The Morgan fingerprint density at radius 3 is 1.17 bits per heavy atom. The Balaban J connectivity index is 0.000000642. The number of esters is 2. The SMILES string of the molecule is CCN(CC)CCOC(=O)c1ccc(N)cc1.CCN(CC)CCOC(=O)c1ccc(N)cc1.Cl. The summed E-state index contributed by atoms with van der Waals surface area (Å²) in [5.74, 6) is -0.589. The molecule has 0 aliphatic heterocycles. The molecule has 35 heavy (non-hydrogen) atoms. The smallest absolute Gasteiger partial charge is 0.338 e. The third-order valence-corrected chi connectivity index (χ3v) is 5.36. The van der Waals surface area contributed by atoms with Gasteiger partial charge in [-0.2, -0.15) is 0 Å². The molecule has 9 heteroatoms. The lowest BCUT2D eigenvalue weighted by Crippen LogP contribution is -2.27. The quantitative estimate of drug-likeness (QED) is 0.327. The Hall–Kier alpha value is -2.81. The van der Waals surface area contributed by atoms with E-state index in [1.54, 1.807) is 48.5 Å². The highest BCUT2D eigenvalue weighted by molar-refractivity contribution is 5.90. The predicted molar refractivity (Wildman–Crippen MR) is 145 cm³/mol. The molecule has 196 valence electrons. The maximum atomic E-state index is 11.6. The van der Waals surface area contributed by atoms with Gasteiger partial charge in [0.05, 0.1) is 11.1 Å². The first kappa shape index (κ1) is 32.2. The Morgan fingerprint density at radius 2 is 0.914 bits per heavy atom. The molecule has 8 nitrogen and oxygen atoms in total. The lowest BCUT2D eigenvalue weighted by molar-refractivity contribution is 0.0457. The molecule has 0 aromatic heterocycles. The fourth-order valence-electron chi connectivity index (χ4n) is 3.02. The molecule has 0 saturated heterocycles. The largest absolute Gasteiger partial charge is 0.461 e. The number of nitrogen functional groups attached to an aromatic ring is 2. The van der Waals surface area contributed by atoms with E-state index in [0.29, 0.717) is 35.7 Å². The van der Waals surface area contributed by atoms with Gasteiger partial charge in [0.1, 0.15) is 13.2 Å². The number of likely N-dealkylation sites (N-methyl/N-ethyl adjacent to an activating group) is 2. The van der Waals surface area contributed by atoms with Crippen LogP contribution in [0.5, 0.6) is 0 Å². The predicted octanol–water partition coefficient (Wildman–Crippen LogP) is 3.96. The molecular weight excluding hydrogens is 468 g/mol. The molecule has 0 amide bonds. The first-order valence-electron chi connectivity index (χ1n) is 11.8. The van der Waals surface area contributed by atoms with Crippen LogP contribution in [0.4, 0.5) is 11.4 Å². The van der Waals surface area contributed by atoms with E-state index < -0.39 is 0 Å². The third-order valence-electron chi connectivity index (χ3n) is 5.36. The van der Waals surface area contributed by atoms with Gasteiger partial charge in [-0.1, -0.05) is 27.7 Å². The fourth-order valence-corrected chi connectivity index (χ4v) is 3.02. The number of carbonyl (C=O) groups excluding carboxylic acids is 2. The van der Waals surface area contributed by atoms with Crippen molar-refractivity contribution in [3.05, 3.63) is 59.7 Å². The highest BCUT2D eigenvalue weighted by atomic mass is 35.5. The molecule has 0 bridgehead atoms. The van der Waals surface area contributed by atoms with E-state index in [4.69, 9.17) is 20.9 Å². The van der Waals surface area contributed by atoms with E-state index in [-0.39, 0.29) is 24.3 Å². The van der Waals surface area contributed by atoms with Crippen molar-refractivity contribution in [2.45, 2.75) is 27.7 Å². The Morgan fingerprint density at radius 1 is 0.629 bits per heavy atom. The molecule has 0 fully saturated rings. The minimum absolute atomic E-state index is 0. The number of nitrogens with two attached hydrogens (primary N) is 2. The Bertz CT molecular complexity index is 768. The van der Waals surface area contributed by atoms with Crippen LogP contribution < -0.4 is 11.5 Å². The lowest BCUT2D eigenvalue weighted by Gasteiger charge is -2.17. The topological polar surface area (TPSA) is 111 Å². The maximum Gasteiger partial charge on any atom is 0.338 e. The Kier molecular flexibility index (Phi) is 17.0. The van der Waals surface area contributed by atoms with Gasteiger partial charge < -0.3 is 30.7 Å². The van der Waals surface area contributed by atoms with E-state index >= 15 is 0 Å². The summed E-state index contributed by atoms with van der Waals surface area (Å²) in [5.41, 5.74) is 13.5. The summed E-state index contributed by atoms with van der Waals surface area (Å²) in [6.45, 7) is 14.6. The molecule has 2 aromatic rings. The van der Waals surface area contributed by atoms with Crippen LogP contribution in [0, 0.1) is 0 Å². The van der Waals surface area contributed by atoms with E-state index in [0.717, 1.165) is 39.3 Å². The van der Waals surface area contributed by atoms with Crippen LogP contribution in [0.15, 0.2) is 48.5 Å². The molecule has 0 atom stereocenters. The zero-order valence-corrected chi connectivity index (χ0v) is 22.2. The van der Waals surface area contributed by atoms with E-state index in [1.165, 1.54) is 0 Å². The maximum absolute atomic E-state index is 11.6. The molecule has 0 aliphatic carbocycles. The molecule has 0 radical (unpaired) electrons. The van der Waals surface area contributed by atoms with Crippen molar-refractivity contribution in [1.82, 2.24) is 9.80 Å². The Labute approximate surface area is 216 Å². The van der Waals surface area contributed by atoms with Crippen molar-refractivity contribution in [3.8, 4) is 0 Å². The summed E-state index contributed by atoms with van der Waals surface area (Å²) in [5, 5.41) is 0. The number of nitrogens with zero attached hydrogens (tertiary/aromatic N) is 2. The van der Waals surface area contributed by atoms with Crippen molar-refractivity contribution < 1.29 is 19.1 Å². The molecule has 4 N–H and O–H groups in total. The molecule has 0 saturated carbocycles. The number of ether oxygens (including phenoxy) is 2. The molecule has 0 unspecified atom stereocenters. The zero-order valence-electron chi connectivity index (χ0n) is 21.4. The summed E-state index contributed by atoms with van der Waals surface area (Å²) in [6.07, 6.45) is 0. The van der Waals surface area contributed by atoms with Gasteiger partial charge in [0.15, 0.2) is 0 Å². The van der Waals surface area contributed by atoms with Gasteiger partial charge in [-0.3, -0.25) is 0 Å². The number of carbonyl (C=O) groups is 2. The van der Waals surface area contributed by atoms with Crippen LogP contribution in [-0.4, -0.2) is 74.2 Å². The minimum Gasteiger partial charge on any atom is -0.461 e. The van der Waals surface area contributed by atoms with Crippen molar-refractivity contribution in [2.24, 2.45) is 0 Å². The second kappa shape index (κ2) is 18.5. The molecular formula is C26H41ClN4O4. The van der Waals surface area contributed by atoms with Crippen molar-refractivity contribution in [1.29, 1.82) is 0 Å². The van der Waals surface area contributed by atoms with Gasteiger partial charge in [0.25, 0.3) is 0 Å². The van der Waals surface area contributed by atoms with E-state index in [9.17, 15) is 9.59 Å². The monoisotopic (exact) mass is 508 g/mol. The highest BCUT2D eigenvalue weighted by Gasteiger charge is 2.08. The van der Waals surface area contributed by atoms with E-state index in [2.05, 4.69) is 37.5 Å². The minimum atomic E-state index is -0.294. The second-order valence-corrected chi connectivity index (χ2v) is 7.57. The van der Waals surface area contributed by atoms with Gasteiger partial charge in [0, 0.05) is 24.5 Å². The normalized spacial score (nSPS) is 10.2. The third kappa shape index (κ3) is 13.0. The number of hydrogen-bond donors (Lipinski definition) is 2. The van der Waals surface area contributed by atoms with Crippen LogP contribution in [0.3, 0.4) is 0 Å². The number of halogens is 1. The number of anilines is 2. The van der Waals surface area contributed by atoms with E-state index in [1.807, 2.05) is 0 Å². The van der Waals surface area contributed by atoms with Crippen molar-refractivity contribution in [3.63, 3.8) is 0 Å². The van der Waals surface area contributed by atoms with Crippen LogP contribution in [0.1, 0.15) is 48.4 Å². The summed E-state index contributed by atoms with van der Waals surface area (Å²) in [6, 6.07) is 13.5. The summed E-state index contributed by atoms with van der Waals surface area (Å²) >= 11 is 0. The zero-order chi connectivity index (χ0) is 25.3. The first-order valence-corrected chi connectivity index (χ1v) is 11.8. The molecule has 0 aliphatic rings. The first-order chi connectivity index (χ1) is 16.3. The summed E-state index contributed by atoms with van der Waals surface area (Å²) < 4.78 is 10.4. The van der Waals surface area contributed by atoms with Crippen LogP contribution in [0.25, 0.3) is 0 Å². The van der Waals surface area contributed by atoms with Gasteiger partial charge in [-0.25, -0.2) is 9.59 Å². The average Bonchev–Trinajstić information content (AvgIpc) is 2.85.